The molecule has 1 unspecified atom stereocenters. The number of nitrogens with one attached hydrogen (secondary N) is 2. The molecule has 1 aromatic rings. The lowest BCUT2D eigenvalue weighted by Crippen LogP contribution is -2.28. The third-order valence-corrected chi connectivity index (χ3v) is 2.74. The summed E-state index contributed by atoms with van der Waals surface area (Å²) < 4.78 is 10.8. The van der Waals surface area contributed by atoms with E-state index in [0.717, 1.165) is 0 Å². The van der Waals surface area contributed by atoms with Crippen molar-refractivity contribution in [1.29, 1.82) is 0 Å². The van der Waals surface area contributed by atoms with E-state index in [1.54, 1.807) is 31.6 Å². The zero-order valence-electron chi connectivity index (χ0n) is 9.32. The number of rotatable bonds is 5. The van der Waals surface area contributed by atoms with Crippen LogP contribution in [0.25, 0.3) is 0 Å². The Morgan fingerprint density at radius 3 is 2.94 bits per heavy atom. The maximum absolute atomic E-state index is 11.7. The minimum Gasteiger partial charge on any atom is -0.372 e. The molecule has 1 amide bonds. The topological polar surface area (TPSA) is 71.1 Å². The van der Waals surface area contributed by atoms with Gasteiger partial charge in [-0.3, -0.25) is 9.00 Å². The lowest BCUT2D eigenvalue weighted by atomic mass is 10.2. The molecule has 1 aromatic heterocycles. The van der Waals surface area contributed by atoms with Crippen LogP contribution < -0.4 is 10.6 Å². The zero-order valence-corrected chi connectivity index (χ0v) is 10.1. The van der Waals surface area contributed by atoms with E-state index >= 15 is 0 Å². The van der Waals surface area contributed by atoms with Crippen LogP contribution >= 0.6 is 0 Å². The van der Waals surface area contributed by atoms with Crippen molar-refractivity contribution in [3.05, 3.63) is 23.9 Å². The van der Waals surface area contributed by atoms with Crippen LogP contribution in [0.1, 0.15) is 10.4 Å². The number of hydrogen-bond donors (Lipinski definition) is 2. The normalized spacial score (nSPS) is 11.9. The van der Waals surface area contributed by atoms with Crippen LogP contribution in [0.5, 0.6) is 0 Å². The van der Waals surface area contributed by atoms with E-state index in [9.17, 15) is 9.00 Å². The minimum absolute atomic E-state index is 0.206. The first-order valence-corrected chi connectivity index (χ1v) is 6.59. The summed E-state index contributed by atoms with van der Waals surface area (Å²) in [6.45, 7) is 0.403. The third kappa shape index (κ3) is 3.62. The van der Waals surface area contributed by atoms with Crippen LogP contribution in [0.4, 0.5) is 5.82 Å². The highest BCUT2D eigenvalue weighted by molar-refractivity contribution is 7.84. The average molecular weight is 241 g/mol. The van der Waals surface area contributed by atoms with Gasteiger partial charge in [-0.15, -0.1) is 0 Å². The molecule has 0 fully saturated rings. The zero-order chi connectivity index (χ0) is 12.0. The Morgan fingerprint density at radius 1 is 1.56 bits per heavy atom. The summed E-state index contributed by atoms with van der Waals surface area (Å²) in [6, 6.07) is 3.39. The van der Waals surface area contributed by atoms with Crippen molar-refractivity contribution in [2.24, 2.45) is 0 Å². The van der Waals surface area contributed by atoms with Gasteiger partial charge in [0, 0.05) is 42.6 Å². The van der Waals surface area contributed by atoms with E-state index in [1.165, 1.54) is 0 Å². The van der Waals surface area contributed by atoms with Gasteiger partial charge in [0.1, 0.15) is 5.82 Å². The van der Waals surface area contributed by atoms with E-state index in [2.05, 4.69) is 15.6 Å². The summed E-state index contributed by atoms with van der Waals surface area (Å²) in [6.07, 6.45) is 3.22. The molecule has 16 heavy (non-hydrogen) atoms. The van der Waals surface area contributed by atoms with E-state index in [1.807, 2.05) is 0 Å². The standard InChI is InChI=1S/C10H15N3O2S/c1-11-9-8(4-3-5-12-9)10(14)13-6-7-16(2)15/h3-5H,6-7H2,1-2H3,(H,11,12)(H,13,14). The highest BCUT2D eigenvalue weighted by Gasteiger charge is 2.10. The van der Waals surface area contributed by atoms with Crippen molar-refractivity contribution < 1.29 is 9.00 Å². The Labute approximate surface area is 97.1 Å². The van der Waals surface area contributed by atoms with Gasteiger partial charge < -0.3 is 10.6 Å². The first-order valence-electron chi connectivity index (χ1n) is 4.86. The van der Waals surface area contributed by atoms with Crippen LogP contribution in [-0.2, 0) is 10.8 Å². The van der Waals surface area contributed by atoms with Gasteiger partial charge in [-0.2, -0.15) is 0 Å². The van der Waals surface area contributed by atoms with Gasteiger partial charge in [0.05, 0.1) is 5.56 Å². The second-order valence-corrected chi connectivity index (χ2v) is 4.74. The molecule has 1 rings (SSSR count). The fraction of sp³-hybridized carbons (Fsp3) is 0.400. The number of anilines is 1. The number of aromatic nitrogens is 1. The minimum atomic E-state index is -0.891. The van der Waals surface area contributed by atoms with Crippen molar-refractivity contribution in [2.45, 2.75) is 0 Å². The molecule has 88 valence electrons. The number of nitrogens with zero attached hydrogens (tertiary/aromatic N) is 1. The van der Waals surface area contributed by atoms with Crippen LogP contribution in [0, 0.1) is 0 Å². The average Bonchev–Trinajstić information content (AvgIpc) is 2.28. The second kappa shape index (κ2) is 6.22. The first-order chi connectivity index (χ1) is 7.65. The molecule has 0 saturated heterocycles. The van der Waals surface area contributed by atoms with Crippen molar-refractivity contribution in [3.63, 3.8) is 0 Å². The Balaban J connectivity index is 2.62. The number of amides is 1. The van der Waals surface area contributed by atoms with Crippen molar-refractivity contribution in [1.82, 2.24) is 10.3 Å². The SMILES string of the molecule is CNc1ncccc1C(=O)NCCS(C)=O. The van der Waals surface area contributed by atoms with E-state index in [-0.39, 0.29) is 5.91 Å². The Bertz CT molecular complexity index is 395. The maximum Gasteiger partial charge on any atom is 0.255 e. The molecule has 0 saturated carbocycles. The van der Waals surface area contributed by atoms with Crippen molar-refractivity contribution in [3.8, 4) is 0 Å². The largest absolute Gasteiger partial charge is 0.372 e. The van der Waals surface area contributed by atoms with Crippen LogP contribution in [-0.4, -0.2) is 40.7 Å². The molecule has 0 radical (unpaired) electrons. The molecule has 0 aliphatic rings. The van der Waals surface area contributed by atoms with Gasteiger partial charge in [0.15, 0.2) is 0 Å². The summed E-state index contributed by atoms with van der Waals surface area (Å²) in [7, 11) is 0.817. The van der Waals surface area contributed by atoms with E-state index in [4.69, 9.17) is 0 Å². The number of carbonyl (C=O) groups excluding carboxylic acids is 1. The highest BCUT2D eigenvalue weighted by atomic mass is 32.2. The predicted molar refractivity (Wildman–Crippen MR) is 65.1 cm³/mol. The number of pyridine rings is 1. The van der Waals surface area contributed by atoms with Crippen LogP contribution in [0.2, 0.25) is 0 Å². The molecule has 1 atom stereocenters. The van der Waals surface area contributed by atoms with Gasteiger partial charge in [-0.05, 0) is 12.1 Å². The molecule has 0 aromatic carbocycles. The molecular formula is C10H15N3O2S. The molecule has 5 nitrogen and oxygen atoms in total. The van der Waals surface area contributed by atoms with Gasteiger partial charge in [-0.1, -0.05) is 0 Å². The second-order valence-electron chi connectivity index (χ2n) is 3.18. The van der Waals surface area contributed by atoms with Crippen molar-refractivity contribution in [2.75, 3.05) is 30.9 Å². The summed E-state index contributed by atoms with van der Waals surface area (Å²) >= 11 is 0. The van der Waals surface area contributed by atoms with Crippen LogP contribution in [0.3, 0.4) is 0 Å². The van der Waals surface area contributed by atoms with Gasteiger partial charge in [0.25, 0.3) is 5.91 Å². The van der Waals surface area contributed by atoms with E-state index < -0.39 is 10.8 Å². The number of carbonyl (C=O) groups is 1. The molecule has 0 spiro atoms. The van der Waals surface area contributed by atoms with Crippen molar-refractivity contribution >= 4 is 22.5 Å². The van der Waals surface area contributed by atoms with E-state index in [0.29, 0.717) is 23.7 Å². The molecular weight excluding hydrogens is 226 g/mol. The smallest absolute Gasteiger partial charge is 0.255 e. The third-order valence-electron chi connectivity index (χ3n) is 1.96. The number of hydrogen-bond acceptors (Lipinski definition) is 4. The Kier molecular flexibility index (Phi) is 4.91. The fourth-order valence-corrected chi connectivity index (χ4v) is 1.58. The monoisotopic (exact) mass is 241 g/mol. The summed E-state index contributed by atoms with van der Waals surface area (Å²) in [5, 5.41) is 5.54. The maximum atomic E-state index is 11.7. The molecule has 2 N–H and O–H groups in total. The lowest BCUT2D eigenvalue weighted by Gasteiger charge is -2.07. The van der Waals surface area contributed by atoms with Crippen LogP contribution in [0.15, 0.2) is 18.3 Å². The van der Waals surface area contributed by atoms with Gasteiger partial charge >= 0.3 is 0 Å². The molecule has 1 heterocycles. The highest BCUT2D eigenvalue weighted by Crippen LogP contribution is 2.09. The molecule has 0 aliphatic carbocycles. The summed E-state index contributed by atoms with van der Waals surface area (Å²) in [5.74, 6) is 0.793. The molecule has 6 heteroatoms. The first kappa shape index (κ1) is 12.6. The molecule has 0 bridgehead atoms. The summed E-state index contributed by atoms with van der Waals surface area (Å²) in [5.41, 5.74) is 0.492. The quantitative estimate of drug-likeness (QED) is 0.774. The van der Waals surface area contributed by atoms with Gasteiger partial charge in [0.2, 0.25) is 0 Å². The summed E-state index contributed by atoms with van der Waals surface area (Å²) in [4.78, 5) is 15.7. The molecule has 0 aliphatic heterocycles. The Morgan fingerprint density at radius 2 is 2.31 bits per heavy atom. The van der Waals surface area contributed by atoms with Gasteiger partial charge in [-0.25, -0.2) is 4.98 Å². The fourth-order valence-electron chi connectivity index (χ4n) is 1.19. The predicted octanol–water partition coefficient (Wildman–Crippen LogP) is 0.232. The lowest BCUT2D eigenvalue weighted by molar-refractivity contribution is 0.0956. The Hall–Kier alpha value is -1.43.